The number of hydrogen-bond donors (Lipinski definition) is 4. The molecule has 27 heavy (non-hydrogen) atoms. The third-order valence-electron chi connectivity index (χ3n) is 4.62. The molecule has 0 aliphatic carbocycles. The van der Waals surface area contributed by atoms with E-state index in [0.717, 1.165) is 27.8 Å². The lowest BCUT2D eigenvalue weighted by Crippen LogP contribution is -2.47. The lowest BCUT2D eigenvalue weighted by Gasteiger charge is -2.27. The Morgan fingerprint density at radius 3 is 2.48 bits per heavy atom. The fourth-order valence-corrected chi connectivity index (χ4v) is 2.88. The van der Waals surface area contributed by atoms with Gasteiger partial charge in [-0.2, -0.15) is 0 Å². The van der Waals surface area contributed by atoms with Gasteiger partial charge in [0.15, 0.2) is 11.5 Å². The summed E-state index contributed by atoms with van der Waals surface area (Å²) in [6, 6.07) is 10.7. The van der Waals surface area contributed by atoms with Gasteiger partial charge < -0.3 is 20.8 Å². The van der Waals surface area contributed by atoms with E-state index in [0.29, 0.717) is 13.0 Å². The number of nitrogens with one attached hydrogen (secondary N) is 2. The van der Waals surface area contributed by atoms with E-state index in [1.807, 2.05) is 52.0 Å². The molecule has 0 fully saturated rings. The van der Waals surface area contributed by atoms with Gasteiger partial charge in [0.05, 0.1) is 5.54 Å². The van der Waals surface area contributed by atoms with Crippen molar-refractivity contribution in [1.82, 2.24) is 10.6 Å². The highest BCUT2D eigenvalue weighted by Gasteiger charge is 2.23. The van der Waals surface area contributed by atoms with Crippen LogP contribution in [0, 0.1) is 6.92 Å². The molecule has 4 N–H and O–H groups in total. The van der Waals surface area contributed by atoms with Gasteiger partial charge in [0.25, 0.3) is 0 Å². The normalized spacial score (nSPS) is 11.1. The molecule has 0 aliphatic heterocycles. The van der Waals surface area contributed by atoms with Crippen LogP contribution in [0.25, 0.3) is 5.57 Å². The minimum absolute atomic E-state index is 0.138. The summed E-state index contributed by atoms with van der Waals surface area (Å²) in [5, 5.41) is 24.9. The van der Waals surface area contributed by atoms with Crippen LogP contribution in [0.4, 0.5) is 4.79 Å². The first-order chi connectivity index (χ1) is 12.6. The number of urea groups is 1. The predicted molar refractivity (Wildman–Crippen MR) is 109 cm³/mol. The third-order valence-corrected chi connectivity index (χ3v) is 4.62. The standard InChI is InChI=1S/C22H28N2O3/c1-14(2)16-7-6-8-18(12-16)22(4,5)24-21(27)23-10-9-17-13-20(26)19(25)11-15(17)3/h6-8,11-13,25-26H,1,9-10H2,2-5H3,(H2,23,24,27). The SMILES string of the molecule is C=C(C)c1cccc(C(C)(C)NC(=O)NCCc2cc(O)c(O)cc2C)c1. The second-order valence-electron chi connectivity index (χ2n) is 7.38. The monoisotopic (exact) mass is 368 g/mol. The highest BCUT2D eigenvalue weighted by molar-refractivity contribution is 5.75. The summed E-state index contributed by atoms with van der Waals surface area (Å²) in [4.78, 5) is 12.3. The van der Waals surface area contributed by atoms with Crippen molar-refractivity contribution < 1.29 is 15.0 Å². The van der Waals surface area contributed by atoms with E-state index in [-0.39, 0.29) is 17.5 Å². The molecule has 0 unspecified atom stereocenters. The summed E-state index contributed by atoms with van der Waals surface area (Å²) in [5.74, 6) is -0.292. The maximum Gasteiger partial charge on any atom is 0.315 e. The van der Waals surface area contributed by atoms with Crippen LogP contribution in [-0.4, -0.2) is 22.8 Å². The average Bonchev–Trinajstić information content (AvgIpc) is 2.59. The molecule has 0 heterocycles. The van der Waals surface area contributed by atoms with Gasteiger partial charge in [0.1, 0.15) is 0 Å². The van der Waals surface area contributed by atoms with Crippen molar-refractivity contribution >= 4 is 11.6 Å². The minimum Gasteiger partial charge on any atom is -0.504 e. The number of benzene rings is 2. The van der Waals surface area contributed by atoms with Gasteiger partial charge >= 0.3 is 6.03 Å². The lowest BCUT2D eigenvalue weighted by molar-refractivity contribution is 0.230. The highest BCUT2D eigenvalue weighted by atomic mass is 16.3. The maximum atomic E-state index is 12.3. The van der Waals surface area contributed by atoms with Gasteiger partial charge in [-0.25, -0.2) is 4.79 Å². The van der Waals surface area contributed by atoms with Gasteiger partial charge in [0, 0.05) is 6.54 Å². The van der Waals surface area contributed by atoms with Gasteiger partial charge in [-0.3, -0.25) is 0 Å². The zero-order valence-electron chi connectivity index (χ0n) is 16.4. The quantitative estimate of drug-likeness (QED) is 0.576. The van der Waals surface area contributed by atoms with E-state index < -0.39 is 5.54 Å². The Labute approximate surface area is 160 Å². The van der Waals surface area contributed by atoms with Crippen LogP contribution in [0.2, 0.25) is 0 Å². The van der Waals surface area contributed by atoms with Crippen LogP contribution in [-0.2, 0) is 12.0 Å². The molecule has 2 amide bonds. The highest BCUT2D eigenvalue weighted by Crippen LogP contribution is 2.28. The molecule has 144 valence electrons. The topological polar surface area (TPSA) is 81.6 Å². The van der Waals surface area contributed by atoms with Crippen molar-refractivity contribution in [2.45, 2.75) is 39.7 Å². The molecular weight excluding hydrogens is 340 g/mol. The second kappa shape index (κ2) is 8.16. The Balaban J connectivity index is 1.96. The van der Waals surface area contributed by atoms with Gasteiger partial charge in [-0.1, -0.05) is 30.4 Å². The first-order valence-corrected chi connectivity index (χ1v) is 8.94. The van der Waals surface area contributed by atoms with Crippen LogP contribution in [0.5, 0.6) is 11.5 Å². The van der Waals surface area contributed by atoms with E-state index in [1.165, 1.54) is 12.1 Å². The summed E-state index contributed by atoms with van der Waals surface area (Å²) < 4.78 is 0. The molecule has 2 rings (SSSR count). The summed E-state index contributed by atoms with van der Waals surface area (Å²) >= 11 is 0. The number of aromatic hydroxyl groups is 2. The zero-order valence-corrected chi connectivity index (χ0v) is 16.4. The molecule has 0 radical (unpaired) electrons. The molecule has 0 spiro atoms. The van der Waals surface area contributed by atoms with Crippen LogP contribution < -0.4 is 10.6 Å². The fraction of sp³-hybridized carbons (Fsp3) is 0.318. The Morgan fingerprint density at radius 1 is 1.15 bits per heavy atom. The number of carbonyl (C=O) groups excluding carboxylic acids is 1. The molecule has 0 bridgehead atoms. The van der Waals surface area contributed by atoms with Crippen molar-refractivity contribution in [2.75, 3.05) is 6.54 Å². The third kappa shape index (κ3) is 5.26. The van der Waals surface area contributed by atoms with E-state index in [2.05, 4.69) is 17.2 Å². The van der Waals surface area contributed by atoms with Crippen LogP contribution >= 0.6 is 0 Å². The molecule has 0 saturated heterocycles. The fourth-order valence-electron chi connectivity index (χ4n) is 2.88. The average molecular weight is 368 g/mol. The second-order valence-corrected chi connectivity index (χ2v) is 7.38. The zero-order chi connectivity index (χ0) is 20.2. The largest absolute Gasteiger partial charge is 0.504 e. The number of carbonyl (C=O) groups is 1. The Morgan fingerprint density at radius 2 is 1.81 bits per heavy atom. The molecule has 2 aromatic rings. The van der Waals surface area contributed by atoms with Crippen LogP contribution in [0.15, 0.2) is 43.0 Å². The maximum absolute atomic E-state index is 12.3. The molecule has 0 aliphatic rings. The number of allylic oxidation sites excluding steroid dienone is 1. The molecule has 5 nitrogen and oxygen atoms in total. The van der Waals surface area contributed by atoms with Gasteiger partial charge in [-0.15, -0.1) is 0 Å². The van der Waals surface area contributed by atoms with Gasteiger partial charge in [0.2, 0.25) is 0 Å². The summed E-state index contributed by atoms with van der Waals surface area (Å²) in [7, 11) is 0. The predicted octanol–water partition coefficient (Wildman–Crippen LogP) is 4.22. The molecule has 0 atom stereocenters. The number of phenols is 2. The summed E-state index contributed by atoms with van der Waals surface area (Å²) in [6.07, 6.45) is 0.554. The molecule has 0 saturated carbocycles. The Kier molecular flexibility index (Phi) is 6.16. The molecular formula is C22H28N2O3. The van der Waals surface area contributed by atoms with Crippen molar-refractivity contribution in [3.8, 4) is 11.5 Å². The van der Waals surface area contributed by atoms with E-state index >= 15 is 0 Å². The van der Waals surface area contributed by atoms with Gasteiger partial charge in [-0.05, 0) is 74.6 Å². The molecule has 5 heteroatoms. The van der Waals surface area contributed by atoms with Crippen LogP contribution in [0.1, 0.15) is 43.0 Å². The number of rotatable bonds is 6. The summed E-state index contributed by atoms with van der Waals surface area (Å²) in [5.41, 5.74) is 4.22. The van der Waals surface area contributed by atoms with Crippen molar-refractivity contribution in [3.63, 3.8) is 0 Å². The van der Waals surface area contributed by atoms with E-state index in [1.54, 1.807) is 0 Å². The van der Waals surface area contributed by atoms with E-state index in [4.69, 9.17) is 0 Å². The lowest BCUT2D eigenvalue weighted by atomic mass is 9.92. The number of hydrogen-bond acceptors (Lipinski definition) is 3. The first-order valence-electron chi connectivity index (χ1n) is 8.94. The van der Waals surface area contributed by atoms with Crippen molar-refractivity contribution in [1.29, 1.82) is 0 Å². The number of aryl methyl sites for hydroxylation is 1. The Hall–Kier alpha value is -2.95. The minimum atomic E-state index is -0.539. The van der Waals surface area contributed by atoms with E-state index in [9.17, 15) is 15.0 Å². The smallest absolute Gasteiger partial charge is 0.315 e. The first kappa shape index (κ1) is 20.4. The number of phenolic OH excluding ortho intramolecular Hbond substituents is 2. The van der Waals surface area contributed by atoms with Crippen LogP contribution in [0.3, 0.4) is 0 Å². The summed E-state index contributed by atoms with van der Waals surface area (Å²) in [6.45, 7) is 12.1. The van der Waals surface area contributed by atoms with Crippen molar-refractivity contribution in [2.24, 2.45) is 0 Å². The van der Waals surface area contributed by atoms with Crippen molar-refractivity contribution in [3.05, 3.63) is 65.2 Å². The molecule has 0 aromatic heterocycles. The Bertz CT molecular complexity index is 857. The number of amides is 2. The molecule has 2 aromatic carbocycles.